The van der Waals surface area contributed by atoms with Gasteiger partial charge in [-0.2, -0.15) is 0 Å². The van der Waals surface area contributed by atoms with Gasteiger partial charge in [0.2, 0.25) is 0 Å². The third-order valence-electron chi connectivity index (χ3n) is 4.92. The van der Waals surface area contributed by atoms with Gasteiger partial charge in [-0.25, -0.2) is 0 Å². The molecule has 0 unspecified atom stereocenters. The number of ether oxygens (including phenoxy) is 1. The van der Waals surface area contributed by atoms with Crippen molar-refractivity contribution in [1.82, 2.24) is 4.90 Å². The van der Waals surface area contributed by atoms with E-state index in [4.69, 9.17) is 9.84 Å². The van der Waals surface area contributed by atoms with E-state index >= 15 is 0 Å². The lowest BCUT2D eigenvalue weighted by Gasteiger charge is -2.21. The minimum Gasteiger partial charge on any atom is -0.491 e. The van der Waals surface area contributed by atoms with Gasteiger partial charge < -0.3 is 20.1 Å². The molecule has 1 aliphatic heterocycles. The van der Waals surface area contributed by atoms with Gasteiger partial charge in [0.15, 0.2) is 0 Å². The average molecular weight is 321 g/mol. The van der Waals surface area contributed by atoms with Crippen LogP contribution in [0.5, 0.6) is 5.75 Å². The summed E-state index contributed by atoms with van der Waals surface area (Å²) in [5.41, 5.74) is -1.48. The van der Waals surface area contributed by atoms with Crippen molar-refractivity contribution < 1.29 is 29.6 Å². The molecule has 0 bridgehead atoms. The van der Waals surface area contributed by atoms with Gasteiger partial charge >= 0.3 is 11.9 Å². The molecule has 2 aliphatic rings. The topological polar surface area (TPSA) is 107 Å². The summed E-state index contributed by atoms with van der Waals surface area (Å²) in [7, 11) is 0. The Balaban J connectivity index is 1.76. The summed E-state index contributed by atoms with van der Waals surface area (Å²) in [6.07, 6.45) is 0.198. The number of para-hydroxylation sites is 1. The van der Waals surface area contributed by atoms with Crippen LogP contribution in [0.3, 0.4) is 0 Å². The summed E-state index contributed by atoms with van der Waals surface area (Å²) in [6.45, 7) is 0.953. The van der Waals surface area contributed by atoms with Crippen molar-refractivity contribution in [2.24, 2.45) is 10.8 Å². The van der Waals surface area contributed by atoms with Crippen LogP contribution in [0.25, 0.3) is 0 Å². The van der Waals surface area contributed by atoms with E-state index in [1.54, 1.807) is 6.07 Å². The minimum absolute atomic E-state index is 0.0949. The maximum atomic E-state index is 11.5. The van der Waals surface area contributed by atoms with Crippen LogP contribution >= 0.6 is 0 Å². The summed E-state index contributed by atoms with van der Waals surface area (Å²) < 4.78 is 5.47. The molecule has 2 fully saturated rings. The first kappa shape index (κ1) is 15.8. The number of aliphatic hydroxyl groups is 1. The number of carboxylic acid groups (broad SMARTS) is 2. The molecule has 0 radical (unpaired) electrons. The second-order valence-corrected chi connectivity index (χ2v) is 6.28. The van der Waals surface area contributed by atoms with Crippen LogP contribution in [0.15, 0.2) is 24.3 Å². The quantitative estimate of drug-likeness (QED) is 0.668. The third kappa shape index (κ3) is 2.36. The number of fused-ring (bicyclic) bond motifs is 1. The maximum absolute atomic E-state index is 11.5. The number of piperidine rings is 1. The highest BCUT2D eigenvalue weighted by molar-refractivity contribution is 5.94. The monoisotopic (exact) mass is 321 g/mol. The Hall–Kier alpha value is -2.12. The van der Waals surface area contributed by atoms with Crippen molar-refractivity contribution >= 4 is 11.9 Å². The molecule has 0 amide bonds. The number of hydrogen-bond donors (Lipinski definition) is 3. The molecule has 1 heterocycles. The number of nitrogens with zero attached hydrogens (tertiary/aromatic N) is 1. The zero-order valence-electron chi connectivity index (χ0n) is 12.6. The van der Waals surface area contributed by atoms with Crippen molar-refractivity contribution in [3.05, 3.63) is 29.8 Å². The molecule has 3 N–H and O–H groups in total. The van der Waals surface area contributed by atoms with Crippen molar-refractivity contribution in [2.45, 2.75) is 13.0 Å². The molecule has 23 heavy (non-hydrogen) atoms. The zero-order chi connectivity index (χ0) is 16.7. The Morgan fingerprint density at radius 2 is 1.74 bits per heavy atom. The Labute approximate surface area is 133 Å². The second-order valence-electron chi connectivity index (χ2n) is 6.28. The van der Waals surface area contributed by atoms with Crippen LogP contribution in [-0.4, -0.2) is 58.5 Å². The lowest BCUT2D eigenvalue weighted by atomic mass is 9.97. The number of aliphatic carboxylic acids is 2. The standard InChI is InChI=1S/C16H19NO6/c18-5-6-23-12-4-2-1-3-11(12)7-17-9-15(13(19)20)8-16(15,10-17)14(21)22/h1-4,18H,5-10H2,(H,19,20)(H,21,22)/t15-,16+. The van der Waals surface area contributed by atoms with E-state index in [9.17, 15) is 19.8 Å². The molecule has 7 heteroatoms. The van der Waals surface area contributed by atoms with Crippen molar-refractivity contribution in [3.8, 4) is 5.75 Å². The highest BCUT2D eigenvalue weighted by Crippen LogP contribution is 2.68. The second kappa shape index (κ2) is 5.50. The number of benzene rings is 1. The van der Waals surface area contributed by atoms with Gasteiger partial charge in [0.25, 0.3) is 0 Å². The average Bonchev–Trinajstić information content (AvgIpc) is 3.06. The van der Waals surface area contributed by atoms with Gasteiger partial charge in [-0.15, -0.1) is 0 Å². The van der Waals surface area contributed by atoms with E-state index in [-0.39, 0.29) is 32.7 Å². The molecular weight excluding hydrogens is 302 g/mol. The first-order valence-corrected chi connectivity index (χ1v) is 7.46. The molecule has 0 spiro atoms. The summed E-state index contributed by atoms with van der Waals surface area (Å²) in [6, 6.07) is 7.30. The smallest absolute Gasteiger partial charge is 0.312 e. The molecule has 124 valence electrons. The Bertz CT molecular complexity index is 619. The van der Waals surface area contributed by atoms with Crippen LogP contribution in [0.1, 0.15) is 12.0 Å². The summed E-state index contributed by atoms with van der Waals surface area (Å²) in [4.78, 5) is 24.9. The van der Waals surface area contributed by atoms with Crippen LogP contribution < -0.4 is 4.74 Å². The molecule has 1 aliphatic carbocycles. The Morgan fingerprint density at radius 3 is 2.30 bits per heavy atom. The Kier molecular flexibility index (Phi) is 3.77. The van der Waals surface area contributed by atoms with Gasteiger partial charge in [-0.05, 0) is 12.5 Å². The summed E-state index contributed by atoms with van der Waals surface area (Å²) >= 11 is 0. The number of carbonyl (C=O) groups is 2. The predicted molar refractivity (Wildman–Crippen MR) is 79.1 cm³/mol. The minimum atomic E-state index is -1.17. The van der Waals surface area contributed by atoms with E-state index in [2.05, 4.69) is 0 Å². The van der Waals surface area contributed by atoms with Crippen molar-refractivity contribution in [3.63, 3.8) is 0 Å². The molecular formula is C16H19NO6. The molecule has 7 nitrogen and oxygen atoms in total. The van der Waals surface area contributed by atoms with E-state index in [0.717, 1.165) is 5.56 Å². The SMILES string of the molecule is O=C(O)[C@@]12CN(Cc3ccccc3OCCO)C[C@]1(C(=O)O)C2. The van der Waals surface area contributed by atoms with E-state index < -0.39 is 22.8 Å². The highest BCUT2D eigenvalue weighted by atomic mass is 16.5. The summed E-state index contributed by atoms with van der Waals surface area (Å²) in [5, 5.41) is 27.7. The van der Waals surface area contributed by atoms with Crippen LogP contribution in [0.4, 0.5) is 0 Å². The number of likely N-dealkylation sites (tertiary alicyclic amines) is 1. The van der Waals surface area contributed by atoms with Gasteiger partial charge in [-0.1, -0.05) is 18.2 Å². The normalized spacial score (nSPS) is 29.1. The van der Waals surface area contributed by atoms with Crippen LogP contribution in [-0.2, 0) is 16.1 Å². The third-order valence-corrected chi connectivity index (χ3v) is 4.92. The van der Waals surface area contributed by atoms with Crippen molar-refractivity contribution in [2.75, 3.05) is 26.3 Å². The molecule has 1 saturated heterocycles. The highest BCUT2D eigenvalue weighted by Gasteiger charge is 2.80. The van der Waals surface area contributed by atoms with Crippen molar-refractivity contribution in [1.29, 1.82) is 0 Å². The number of carboxylic acids is 2. The van der Waals surface area contributed by atoms with E-state index in [1.165, 1.54) is 0 Å². The fourth-order valence-electron chi connectivity index (χ4n) is 3.68. The molecule has 1 aromatic carbocycles. The lowest BCUT2D eigenvalue weighted by Crippen LogP contribution is -2.28. The first-order chi connectivity index (χ1) is 10.9. The fourth-order valence-corrected chi connectivity index (χ4v) is 3.68. The Morgan fingerprint density at radius 1 is 1.13 bits per heavy atom. The maximum Gasteiger partial charge on any atom is 0.312 e. The molecule has 2 atom stereocenters. The number of aliphatic hydroxyl groups excluding tert-OH is 1. The van der Waals surface area contributed by atoms with E-state index in [0.29, 0.717) is 12.3 Å². The zero-order valence-corrected chi connectivity index (χ0v) is 12.6. The van der Waals surface area contributed by atoms with Crippen LogP contribution in [0, 0.1) is 10.8 Å². The first-order valence-electron chi connectivity index (χ1n) is 7.46. The molecule has 3 rings (SSSR count). The van der Waals surface area contributed by atoms with E-state index in [1.807, 2.05) is 23.1 Å². The largest absolute Gasteiger partial charge is 0.491 e. The molecule has 1 saturated carbocycles. The lowest BCUT2D eigenvalue weighted by molar-refractivity contribution is -0.151. The van der Waals surface area contributed by atoms with Gasteiger partial charge in [0.05, 0.1) is 17.4 Å². The number of hydrogen-bond acceptors (Lipinski definition) is 5. The fraction of sp³-hybridized carbons (Fsp3) is 0.500. The summed E-state index contributed by atoms with van der Waals surface area (Å²) in [5.74, 6) is -1.45. The van der Waals surface area contributed by atoms with Gasteiger partial charge in [-0.3, -0.25) is 14.5 Å². The van der Waals surface area contributed by atoms with Gasteiger partial charge in [0, 0.05) is 25.2 Å². The molecule has 0 aromatic heterocycles. The predicted octanol–water partition coefficient (Wildman–Crippen LogP) is 0.419. The molecule has 1 aromatic rings. The van der Waals surface area contributed by atoms with Crippen LogP contribution in [0.2, 0.25) is 0 Å². The van der Waals surface area contributed by atoms with Gasteiger partial charge in [0.1, 0.15) is 12.4 Å². The number of rotatable bonds is 7.